The molecule has 0 aromatic heterocycles. The van der Waals surface area contributed by atoms with Crippen molar-refractivity contribution in [2.75, 3.05) is 0 Å². The molecule has 0 aliphatic carbocycles. The van der Waals surface area contributed by atoms with E-state index in [9.17, 15) is 9.18 Å². The van der Waals surface area contributed by atoms with E-state index in [2.05, 4.69) is 0 Å². The average Bonchev–Trinajstić information content (AvgIpc) is 2.38. The highest BCUT2D eigenvalue weighted by atomic mass is 19.1. The Balaban J connectivity index is 2.81. The maximum absolute atomic E-state index is 13.1. The van der Waals surface area contributed by atoms with Crippen molar-refractivity contribution in [2.24, 2.45) is 11.7 Å². The molecule has 0 fully saturated rings. The third-order valence-corrected chi connectivity index (χ3v) is 3.19. The molecule has 0 aliphatic rings. The first-order chi connectivity index (χ1) is 9.72. The summed E-state index contributed by atoms with van der Waals surface area (Å²) in [4.78, 5) is 11.7. The fraction of sp³-hybridized carbons (Fsp3) is 0.562. The Bertz CT molecular complexity index is 488. The van der Waals surface area contributed by atoms with Crippen LogP contribution < -0.4 is 10.5 Å². The van der Waals surface area contributed by atoms with Gasteiger partial charge in [-0.15, -0.1) is 0 Å². The van der Waals surface area contributed by atoms with E-state index in [4.69, 9.17) is 15.2 Å². The van der Waals surface area contributed by atoms with E-state index in [0.717, 1.165) is 0 Å². The van der Waals surface area contributed by atoms with Crippen molar-refractivity contribution in [1.29, 1.82) is 0 Å². The molecule has 3 atom stereocenters. The summed E-state index contributed by atoms with van der Waals surface area (Å²) < 4.78 is 24.3. The maximum Gasteiger partial charge on any atom is 0.323 e. The van der Waals surface area contributed by atoms with Gasteiger partial charge in [0.25, 0.3) is 0 Å². The maximum atomic E-state index is 13.1. The summed E-state index contributed by atoms with van der Waals surface area (Å²) >= 11 is 0. The standard InChI is InChI=1S/C16H24FNO3/c1-9(2)15(21-16(19)11(4)18)12(5)20-14-7-6-13(17)8-10(14)3/h6-9,11-12,15H,18H2,1-5H3/t11-,12-,15+/m0/s1. The predicted molar refractivity (Wildman–Crippen MR) is 79.6 cm³/mol. The fourth-order valence-electron chi connectivity index (χ4n) is 2.03. The fourth-order valence-corrected chi connectivity index (χ4v) is 2.03. The summed E-state index contributed by atoms with van der Waals surface area (Å²) in [6.07, 6.45) is -0.787. The van der Waals surface area contributed by atoms with Gasteiger partial charge in [-0.05, 0) is 50.5 Å². The minimum Gasteiger partial charge on any atom is -0.487 e. The summed E-state index contributed by atoms with van der Waals surface area (Å²) in [5.41, 5.74) is 6.22. The quantitative estimate of drug-likeness (QED) is 0.820. The molecular formula is C16H24FNO3. The van der Waals surface area contributed by atoms with Crippen LogP contribution in [-0.2, 0) is 9.53 Å². The molecule has 0 saturated carbocycles. The largest absolute Gasteiger partial charge is 0.487 e. The number of ether oxygens (including phenoxy) is 2. The highest BCUT2D eigenvalue weighted by Gasteiger charge is 2.28. The van der Waals surface area contributed by atoms with Crippen molar-refractivity contribution in [2.45, 2.75) is 52.9 Å². The Labute approximate surface area is 125 Å². The van der Waals surface area contributed by atoms with Crippen LogP contribution in [0.5, 0.6) is 5.75 Å². The molecule has 118 valence electrons. The lowest BCUT2D eigenvalue weighted by atomic mass is 10.0. The monoisotopic (exact) mass is 297 g/mol. The summed E-state index contributed by atoms with van der Waals surface area (Å²) in [5.74, 6) is -0.119. The van der Waals surface area contributed by atoms with Crippen molar-refractivity contribution < 1.29 is 18.7 Å². The molecule has 1 aromatic rings. The molecule has 1 rings (SSSR count). The number of hydrogen-bond acceptors (Lipinski definition) is 4. The van der Waals surface area contributed by atoms with Gasteiger partial charge in [0.2, 0.25) is 0 Å². The van der Waals surface area contributed by atoms with Gasteiger partial charge in [0.15, 0.2) is 0 Å². The average molecular weight is 297 g/mol. The highest BCUT2D eigenvalue weighted by Crippen LogP contribution is 2.23. The summed E-state index contributed by atoms with van der Waals surface area (Å²) in [6.45, 7) is 9.05. The minimum absolute atomic E-state index is 0.0726. The first-order valence-corrected chi connectivity index (χ1v) is 7.11. The third kappa shape index (κ3) is 5.01. The third-order valence-electron chi connectivity index (χ3n) is 3.19. The van der Waals surface area contributed by atoms with Crippen LogP contribution in [0.25, 0.3) is 0 Å². The summed E-state index contributed by atoms with van der Waals surface area (Å²) in [5, 5.41) is 0. The van der Waals surface area contributed by atoms with Crippen LogP contribution in [0, 0.1) is 18.7 Å². The van der Waals surface area contributed by atoms with E-state index in [1.165, 1.54) is 12.1 Å². The van der Waals surface area contributed by atoms with Gasteiger partial charge in [-0.1, -0.05) is 13.8 Å². The lowest BCUT2D eigenvalue weighted by Crippen LogP contribution is -2.41. The number of carbonyl (C=O) groups excluding carboxylic acids is 1. The Kier molecular flexibility index (Phi) is 6.15. The van der Waals surface area contributed by atoms with Crippen LogP contribution in [0.3, 0.4) is 0 Å². The SMILES string of the molecule is Cc1cc(F)ccc1O[C@@H](C)[C@H](OC(=O)[C@H](C)N)C(C)C. The van der Waals surface area contributed by atoms with Crippen molar-refractivity contribution in [3.05, 3.63) is 29.6 Å². The van der Waals surface area contributed by atoms with Gasteiger partial charge in [0.1, 0.15) is 29.8 Å². The van der Waals surface area contributed by atoms with Crippen LogP contribution in [0.2, 0.25) is 0 Å². The molecule has 0 heterocycles. The predicted octanol–water partition coefficient (Wildman–Crippen LogP) is 2.82. The second-order valence-electron chi connectivity index (χ2n) is 5.67. The number of benzene rings is 1. The molecule has 0 spiro atoms. The van der Waals surface area contributed by atoms with E-state index in [1.807, 2.05) is 20.8 Å². The van der Waals surface area contributed by atoms with Crippen LogP contribution in [0.4, 0.5) is 4.39 Å². The van der Waals surface area contributed by atoms with E-state index < -0.39 is 18.1 Å². The number of hydrogen-bond donors (Lipinski definition) is 1. The molecule has 2 N–H and O–H groups in total. The number of carbonyl (C=O) groups is 1. The number of halogens is 1. The normalized spacial score (nSPS) is 15.4. The van der Waals surface area contributed by atoms with Crippen LogP contribution >= 0.6 is 0 Å². The van der Waals surface area contributed by atoms with E-state index in [-0.39, 0.29) is 17.8 Å². The van der Waals surface area contributed by atoms with E-state index in [1.54, 1.807) is 19.9 Å². The van der Waals surface area contributed by atoms with Crippen molar-refractivity contribution >= 4 is 5.97 Å². The zero-order valence-electron chi connectivity index (χ0n) is 13.2. The van der Waals surface area contributed by atoms with Crippen LogP contribution in [-0.4, -0.2) is 24.2 Å². The van der Waals surface area contributed by atoms with Gasteiger partial charge >= 0.3 is 5.97 Å². The smallest absolute Gasteiger partial charge is 0.323 e. The number of aryl methyl sites for hydroxylation is 1. The van der Waals surface area contributed by atoms with E-state index in [0.29, 0.717) is 11.3 Å². The Hall–Kier alpha value is -1.62. The van der Waals surface area contributed by atoms with E-state index >= 15 is 0 Å². The second-order valence-corrected chi connectivity index (χ2v) is 5.67. The number of nitrogens with two attached hydrogens (primary N) is 1. The lowest BCUT2D eigenvalue weighted by Gasteiger charge is -2.29. The van der Waals surface area contributed by atoms with Gasteiger partial charge in [-0.25, -0.2) is 4.39 Å². The van der Waals surface area contributed by atoms with Gasteiger partial charge in [-0.3, -0.25) is 4.79 Å². The second kappa shape index (κ2) is 7.41. The molecule has 21 heavy (non-hydrogen) atoms. The molecule has 0 saturated heterocycles. The van der Waals surface area contributed by atoms with Crippen LogP contribution in [0.15, 0.2) is 18.2 Å². The summed E-state index contributed by atoms with van der Waals surface area (Å²) in [7, 11) is 0. The molecule has 0 amide bonds. The number of rotatable bonds is 6. The van der Waals surface area contributed by atoms with Gasteiger partial charge in [-0.2, -0.15) is 0 Å². The lowest BCUT2D eigenvalue weighted by molar-refractivity contribution is -0.157. The van der Waals surface area contributed by atoms with Crippen molar-refractivity contribution in [3.8, 4) is 5.75 Å². The first-order valence-electron chi connectivity index (χ1n) is 7.11. The van der Waals surface area contributed by atoms with Crippen molar-refractivity contribution in [1.82, 2.24) is 0 Å². The zero-order valence-corrected chi connectivity index (χ0v) is 13.2. The Morgan fingerprint density at radius 1 is 1.24 bits per heavy atom. The molecule has 0 radical (unpaired) electrons. The van der Waals surface area contributed by atoms with Gasteiger partial charge in [0, 0.05) is 0 Å². The molecule has 1 aromatic carbocycles. The minimum atomic E-state index is -0.675. The highest BCUT2D eigenvalue weighted by molar-refractivity contribution is 5.75. The molecule has 0 unspecified atom stereocenters. The van der Waals surface area contributed by atoms with Gasteiger partial charge < -0.3 is 15.2 Å². The molecular weight excluding hydrogens is 273 g/mol. The Morgan fingerprint density at radius 3 is 2.33 bits per heavy atom. The van der Waals surface area contributed by atoms with Crippen LogP contribution in [0.1, 0.15) is 33.3 Å². The van der Waals surface area contributed by atoms with Gasteiger partial charge in [0.05, 0.1) is 0 Å². The molecule has 0 bridgehead atoms. The Morgan fingerprint density at radius 2 is 1.86 bits per heavy atom. The molecule has 0 aliphatic heterocycles. The molecule has 4 nitrogen and oxygen atoms in total. The summed E-state index contributed by atoms with van der Waals surface area (Å²) in [6, 6.07) is 3.64. The van der Waals surface area contributed by atoms with Crippen molar-refractivity contribution in [3.63, 3.8) is 0 Å². The first kappa shape index (κ1) is 17.4. The topological polar surface area (TPSA) is 61.5 Å². The zero-order chi connectivity index (χ0) is 16.2. The number of esters is 1. The molecule has 5 heteroatoms.